The minimum Gasteiger partial charge on any atom is -0.359 e. The number of nitrogens with zero attached hydrogens (tertiary/aromatic N) is 1. The SMILES string of the molecule is CNC(=O)C(C)CN(C)C(=O)CC1CCCCC1N.Cl. The van der Waals surface area contributed by atoms with Crippen molar-refractivity contribution in [2.24, 2.45) is 17.6 Å². The van der Waals surface area contributed by atoms with E-state index in [-0.39, 0.29) is 36.2 Å². The van der Waals surface area contributed by atoms with E-state index in [0.717, 1.165) is 12.8 Å². The predicted molar refractivity (Wildman–Crippen MR) is 82.7 cm³/mol. The number of carbonyl (C=O) groups excluding carboxylic acids is 2. The molecule has 0 saturated heterocycles. The molecule has 3 N–H and O–H groups in total. The summed E-state index contributed by atoms with van der Waals surface area (Å²) in [6.07, 6.45) is 4.93. The Morgan fingerprint density at radius 3 is 2.50 bits per heavy atom. The van der Waals surface area contributed by atoms with E-state index >= 15 is 0 Å². The Kier molecular flexibility index (Phi) is 8.81. The van der Waals surface area contributed by atoms with E-state index in [1.54, 1.807) is 19.0 Å². The number of hydrogen-bond acceptors (Lipinski definition) is 3. The summed E-state index contributed by atoms with van der Waals surface area (Å²) < 4.78 is 0. The molecule has 0 radical (unpaired) electrons. The maximum absolute atomic E-state index is 12.1. The smallest absolute Gasteiger partial charge is 0.224 e. The molecule has 118 valence electrons. The van der Waals surface area contributed by atoms with Crippen LogP contribution in [0.25, 0.3) is 0 Å². The fourth-order valence-electron chi connectivity index (χ4n) is 2.71. The van der Waals surface area contributed by atoms with Gasteiger partial charge in [-0.25, -0.2) is 0 Å². The zero-order valence-corrected chi connectivity index (χ0v) is 13.5. The Balaban J connectivity index is 0.00000361. The molecule has 0 aromatic rings. The van der Waals surface area contributed by atoms with Gasteiger partial charge in [-0.05, 0) is 18.8 Å². The zero-order chi connectivity index (χ0) is 14.4. The Hall–Kier alpha value is -0.810. The van der Waals surface area contributed by atoms with Crippen molar-refractivity contribution in [3.05, 3.63) is 0 Å². The highest BCUT2D eigenvalue weighted by Gasteiger charge is 2.26. The molecule has 0 aromatic heterocycles. The molecule has 6 heteroatoms. The summed E-state index contributed by atoms with van der Waals surface area (Å²) in [6.45, 7) is 2.29. The van der Waals surface area contributed by atoms with Gasteiger partial charge < -0.3 is 16.0 Å². The third-order valence-electron chi connectivity index (χ3n) is 4.07. The number of nitrogens with one attached hydrogen (secondary N) is 1. The van der Waals surface area contributed by atoms with Crippen LogP contribution in [0.15, 0.2) is 0 Å². The van der Waals surface area contributed by atoms with Crippen LogP contribution >= 0.6 is 12.4 Å². The molecule has 3 atom stereocenters. The molecule has 5 nitrogen and oxygen atoms in total. The van der Waals surface area contributed by atoms with E-state index in [4.69, 9.17) is 5.73 Å². The van der Waals surface area contributed by atoms with Gasteiger partial charge in [-0.3, -0.25) is 9.59 Å². The topological polar surface area (TPSA) is 75.4 Å². The van der Waals surface area contributed by atoms with Crippen molar-refractivity contribution in [2.45, 2.75) is 45.1 Å². The van der Waals surface area contributed by atoms with Crippen molar-refractivity contribution < 1.29 is 9.59 Å². The number of nitrogens with two attached hydrogens (primary N) is 1. The quantitative estimate of drug-likeness (QED) is 0.800. The summed E-state index contributed by atoms with van der Waals surface area (Å²) in [5, 5.41) is 2.60. The van der Waals surface area contributed by atoms with Crippen LogP contribution < -0.4 is 11.1 Å². The van der Waals surface area contributed by atoms with Crippen LogP contribution in [-0.4, -0.2) is 43.4 Å². The second kappa shape index (κ2) is 9.19. The van der Waals surface area contributed by atoms with Crippen LogP contribution in [0.3, 0.4) is 0 Å². The van der Waals surface area contributed by atoms with Gasteiger partial charge in [-0.1, -0.05) is 19.8 Å². The minimum atomic E-state index is -0.182. The normalized spacial score (nSPS) is 23.4. The molecule has 1 saturated carbocycles. The fourth-order valence-corrected chi connectivity index (χ4v) is 2.71. The molecule has 20 heavy (non-hydrogen) atoms. The molecule has 2 amide bonds. The molecule has 0 aliphatic heterocycles. The first-order chi connectivity index (χ1) is 8.95. The Morgan fingerprint density at radius 1 is 1.35 bits per heavy atom. The first-order valence-electron chi connectivity index (χ1n) is 7.16. The van der Waals surface area contributed by atoms with Crippen LogP contribution in [0.2, 0.25) is 0 Å². The zero-order valence-electron chi connectivity index (χ0n) is 12.7. The molecule has 0 spiro atoms. The molecule has 3 unspecified atom stereocenters. The van der Waals surface area contributed by atoms with E-state index in [1.807, 2.05) is 6.92 Å². The average Bonchev–Trinajstić information content (AvgIpc) is 2.40. The highest BCUT2D eigenvalue weighted by molar-refractivity contribution is 5.85. The first-order valence-corrected chi connectivity index (χ1v) is 7.16. The monoisotopic (exact) mass is 305 g/mol. The van der Waals surface area contributed by atoms with Gasteiger partial charge in [0.2, 0.25) is 11.8 Å². The van der Waals surface area contributed by atoms with Gasteiger partial charge in [0.25, 0.3) is 0 Å². The lowest BCUT2D eigenvalue weighted by Crippen LogP contribution is -2.40. The molecule has 1 rings (SSSR count). The van der Waals surface area contributed by atoms with E-state index in [1.165, 1.54) is 12.8 Å². The van der Waals surface area contributed by atoms with E-state index in [2.05, 4.69) is 5.32 Å². The molecule has 0 bridgehead atoms. The lowest BCUT2D eigenvalue weighted by atomic mass is 9.83. The fraction of sp³-hybridized carbons (Fsp3) is 0.857. The second-order valence-electron chi connectivity index (χ2n) is 5.70. The molecule has 0 heterocycles. The van der Waals surface area contributed by atoms with Gasteiger partial charge in [0.15, 0.2) is 0 Å². The van der Waals surface area contributed by atoms with Crippen molar-refractivity contribution in [3.8, 4) is 0 Å². The van der Waals surface area contributed by atoms with E-state index in [9.17, 15) is 9.59 Å². The third-order valence-corrected chi connectivity index (χ3v) is 4.07. The van der Waals surface area contributed by atoms with Crippen molar-refractivity contribution in [1.82, 2.24) is 10.2 Å². The van der Waals surface area contributed by atoms with Crippen molar-refractivity contribution in [3.63, 3.8) is 0 Å². The van der Waals surface area contributed by atoms with Crippen LogP contribution in [-0.2, 0) is 9.59 Å². The Labute approximate surface area is 128 Å². The van der Waals surface area contributed by atoms with Crippen LogP contribution in [0.1, 0.15) is 39.0 Å². The van der Waals surface area contributed by atoms with Crippen LogP contribution in [0.4, 0.5) is 0 Å². The van der Waals surface area contributed by atoms with Gasteiger partial charge in [-0.15, -0.1) is 12.4 Å². The van der Waals surface area contributed by atoms with Gasteiger partial charge >= 0.3 is 0 Å². The highest BCUT2D eigenvalue weighted by Crippen LogP contribution is 2.26. The number of amides is 2. The van der Waals surface area contributed by atoms with Crippen molar-refractivity contribution >= 4 is 24.2 Å². The largest absolute Gasteiger partial charge is 0.359 e. The van der Waals surface area contributed by atoms with Gasteiger partial charge in [0, 0.05) is 33.1 Å². The summed E-state index contributed by atoms with van der Waals surface area (Å²) in [6, 6.07) is 0.155. The predicted octanol–water partition coefficient (Wildman–Crippen LogP) is 1.16. The van der Waals surface area contributed by atoms with Crippen molar-refractivity contribution in [1.29, 1.82) is 0 Å². The number of rotatable bonds is 5. The minimum absolute atomic E-state index is 0. The van der Waals surface area contributed by atoms with Crippen molar-refractivity contribution in [2.75, 3.05) is 20.6 Å². The maximum atomic E-state index is 12.1. The van der Waals surface area contributed by atoms with Crippen LogP contribution in [0.5, 0.6) is 0 Å². The number of halogens is 1. The summed E-state index contributed by atoms with van der Waals surface area (Å²) in [7, 11) is 3.37. The van der Waals surface area contributed by atoms with Crippen LogP contribution in [0, 0.1) is 11.8 Å². The Bertz CT molecular complexity index is 326. The highest BCUT2D eigenvalue weighted by atomic mass is 35.5. The van der Waals surface area contributed by atoms with Gasteiger partial charge in [-0.2, -0.15) is 0 Å². The second-order valence-corrected chi connectivity index (χ2v) is 5.70. The molecular weight excluding hydrogens is 278 g/mol. The molecular formula is C14H28ClN3O2. The van der Waals surface area contributed by atoms with Gasteiger partial charge in [0.1, 0.15) is 0 Å². The summed E-state index contributed by atoms with van der Waals surface area (Å²) >= 11 is 0. The number of carbonyl (C=O) groups is 2. The average molecular weight is 306 g/mol. The lowest BCUT2D eigenvalue weighted by molar-refractivity contribution is -0.133. The maximum Gasteiger partial charge on any atom is 0.224 e. The Morgan fingerprint density at radius 2 is 1.95 bits per heavy atom. The third kappa shape index (κ3) is 5.67. The van der Waals surface area contributed by atoms with E-state index in [0.29, 0.717) is 18.9 Å². The van der Waals surface area contributed by atoms with Gasteiger partial charge in [0.05, 0.1) is 5.92 Å². The first kappa shape index (κ1) is 19.2. The molecule has 1 aliphatic carbocycles. The standard InChI is InChI=1S/C14H27N3O2.ClH/c1-10(14(19)16-2)9-17(3)13(18)8-11-6-4-5-7-12(11)15;/h10-12H,4-9,15H2,1-3H3,(H,16,19);1H. The molecule has 1 fully saturated rings. The molecule has 0 aromatic carbocycles. The summed E-state index contributed by atoms with van der Waals surface area (Å²) in [5.74, 6) is 0.185. The van der Waals surface area contributed by atoms with E-state index < -0.39 is 0 Å². The molecule has 1 aliphatic rings. The summed E-state index contributed by atoms with van der Waals surface area (Å²) in [4.78, 5) is 25.2. The summed E-state index contributed by atoms with van der Waals surface area (Å²) in [5.41, 5.74) is 6.06. The lowest BCUT2D eigenvalue weighted by Gasteiger charge is -2.30. The number of hydrogen-bond donors (Lipinski definition) is 2.